The van der Waals surface area contributed by atoms with Crippen molar-refractivity contribution in [3.63, 3.8) is 0 Å². The Kier molecular flexibility index (Phi) is 2.71. The van der Waals surface area contributed by atoms with Gasteiger partial charge in [-0.1, -0.05) is 5.21 Å². The van der Waals surface area contributed by atoms with Gasteiger partial charge in [-0.05, 0) is 0 Å². The lowest BCUT2D eigenvalue weighted by Gasteiger charge is -2.38. The van der Waals surface area contributed by atoms with Crippen molar-refractivity contribution in [1.82, 2.24) is 19.9 Å². The van der Waals surface area contributed by atoms with Crippen LogP contribution in [-0.4, -0.2) is 56.1 Å². The highest BCUT2D eigenvalue weighted by Crippen LogP contribution is 2.26. The fourth-order valence-electron chi connectivity index (χ4n) is 1.52. The van der Waals surface area contributed by atoms with Crippen LogP contribution in [0.5, 0.6) is 0 Å². The monoisotopic (exact) mass is 264 g/mol. The van der Waals surface area contributed by atoms with E-state index < -0.39 is 24.1 Å². The van der Waals surface area contributed by atoms with Crippen molar-refractivity contribution in [3.05, 3.63) is 11.9 Å². The van der Waals surface area contributed by atoms with Gasteiger partial charge >= 0.3 is 18.1 Å². The van der Waals surface area contributed by atoms with Crippen LogP contribution in [-0.2, 0) is 4.79 Å². The number of rotatable bonds is 2. The number of amides is 1. The second-order valence-electron chi connectivity index (χ2n) is 3.75. The second-order valence-corrected chi connectivity index (χ2v) is 3.75. The summed E-state index contributed by atoms with van der Waals surface area (Å²) in [7, 11) is 0. The van der Waals surface area contributed by atoms with Crippen molar-refractivity contribution in [2.75, 3.05) is 13.1 Å². The van der Waals surface area contributed by atoms with E-state index in [0.29, 0.717) is 4.90 Å². The molecule has 7 nitrogen and oxygen atoms in total. The molecule has 1 fully saturated rings. The zero-order valence-corrected chi connectivity index (χ0v) is 8.76. The molecule has 1 aliphatic heterocycles. The van der Waals surface area contributed by atoms with Crippen molar-refractivity contribution in [3.8, 4) is 0 Å². The molecule has 1 amide bonds. The topological polar surface area (TPSA) is 88.3 Å². The van der Waals surface area contributed by atoms with Gasteiger partial charge in [0.05, 0.1) is 12.2 Å². The first-order valence-electron chi connectivity index (χ1n) is 4.80. The van der Waals surface area contributed by atoms with Gasteiger partial charge in [0.15, 0.2) is 5.69 Å². The molecule has 1 aliphatic rings. The van der Waals surface area contributed by atoms with Crippen molar-refractivity contribution >= 4 is 11.9 Å². The Hall–Kier alpha value is -2.13. The zero-order chi connectivity index (χ0) is 13.5. The lowest BCUT2D eigenvalue weighted by Crippen LogP contribution is -2.55. The normalized spacial score (nSPS) is 16.5. The molecule has 10 heteroatoms. The van der Waals surface area contributed by atoms with E-state index in [4.69, 9.17) is 5.11 Å². The number of aromatic carboxylic acids is 1. The SMILES string of the molecule is O=C(O)c1cn(C2CN(C(=O)C(F)(F)F)C2)nn1. The zero-order valence-electron chi connectivity index (χ0n) is 8.76. The predicted molar refractivity (Wildman–Crippen MR) is 48.7 cm³/mol. The molecular weight excluding hydrogens is 257 g/mol. The van der Waals surface area contributed by atoms with E-state index >= 15 is 0 Å². The predicted octanol–water partition coefficient (Wildman–Crippen LogP) is -0.0781. The highest BCUT2D eigenvalue weighted by molar-refractivity contribution is 5.84. The molecule has 0 spiro atoms. The number of aromatic nitrogens is 3. The summed E-state index contributed by atoms with van der Waals surface area (Å²) in [6.07, 6.45) is -3.78. The molecule has 0 aromatic carbocycles. The van der Waals surface area contributed by atoms with E-state index in [2.05, 4.69) is 10.3 Å². The Bertz CT molecular complexity index is 492. The highest BCUT2D eigenvalue weighted by Gasteiger charge is 2.47. The van der Waals surface area contributed by atoms with Crippen LogP contribution >= 0.6 is 0 Å². The summed E-state index contributed by atoms with van der Waals surface area (Å²) in [5, 5.41) is 15.4. The summed E-state index contributed by atoms with van der Waals surface area (Å²) in [5.74, 6) is -3.18. The fourth-order valence-corrected chi connectivity index (χ4v) is 1.52. The molecule has 1 aromatic rings. The highest BCUT2D eigenvalue weighted by atomic mass is 19.4. The van der Waals surface area contributed by atoms with Crippen LogP contribution in [0.2, 0.25) is 0 Å². The number of halogens is 3. The maximum absolute atomic E-state index is 12.1. The molecule has 0 atom stereocenters. The molecular formula is C8H7F3N4O3. The summed E-state index contributed by atoms with van der Waals surface area (Å²) in [5.41, 5.74) is -0.296. The molecule has 1 aromatic heterocycles. The van der Waals surface area contributed by atoms with Crippen LogP contribution in [0.1, 0.15) is 16.5 Å². The number of alkyl halides is 3. The van der Waals surface area contributed by atoms with E-state index in [-0.39, 0.29) is 18.8 Å². The largest absolute Gasteiger partial charge is 0.476 e. The Morgan fingerprint density at radius 2 is 2.00 bits per heavy atom. The minimum Gasteiger partial charge on any atom is -0.476 e. The van der Waals surface area contributed by atoms with Crippen molar-refractivity contribution in [2.24, 2.45) is 0 Å². The third-order valence-electron chi connectivity index (χ3n) is 2.50. The first kappa shape index (κ1) is 12.3. The summed E-state index contributed by atoms with van der Waals surface area (Å²) in [6, 6.07) is -0.475. The number of carbonyl (C=O) groups excluding carboxylic acids is 1. The molecule has 1 N–H and O–H groups in total. The van der Waals surface area contributed by atoms with Crippen LogP contribution in [0.3, 0.4) is 0 Å². The smallest absolute Gasteiger partial charge is 0.471 e. The summed E-state index contributed by atoms with van der Waals surface area (Å²) < 4.78 is 37.3. The van der Waals surface area contributed by atoms with Crippen LogP contribution in [0.4, 0.5) is 13.2 Å². The minimum atomic E-state index is -4.89. The van der Waals surface area contributed by atoms with Crippen molar-refractivity contribution in [1.29, 1.82) is 0 Å². The number of carbonyl (C=O) groups is 2. The van der Waals surface area contributed by atoms with E-state index in [1.165, 1.54) is 0 Å². The Morgan fingerprint density at radius 1 is 1.39 bits per heavy atom. The minimum absolute atomic E-state index is 0.166. The molecule has 1 saturated heterocycles. The Balaban J connectivity index is 1.96. The van der Waals surface area contributed by atoms with Crippen LogP contribution in [0, 0.1) is 0 Å². The van der Waals surface area contributed by atoms with E-state index in [1.54, 1.807) is 0 Å². The summed E-state index contributed by atoms with van der Waals surface area (Å²) >= 11 is 0. The third kappa shape index (κ3) is 2.13. The number of hydrogen-bond acceptors (Lipinski definition) is 4. The molecule has 0 bridgehead atoms. The van der Waals surface area contributed by atoms with E-state index in [1.807, 2.05) is 0 Å². The number of carboxylic acids is 1. The molecule has 2 heterocycles. The number of hydrogen-bond donors (Lipinski definition) is 1. The second kappa shape index (κ2) is 3.96. The average molecular weight is 264 g/mol. The van der Waals surface area contributed by atoms with Crippen LogP contribution in [0.25, 0.3) is 0 Å². The molecule has 0 saturated carbocycles. The molecule has 0 radical (unpaired) electrons. The van der Waals surface area contributed by atoms with Crippen LogP contribution in [0.15, 0.2) is 6.20 Å². The molecule has 0 aliphatic carbocycles. The number of nitrogens with zero attached hydrogens (tertiary/aromatic N) is 4. The Labute approximate surface area is 97.8 Å². The molecule has 18 heavy (non-hydrogen) atoms. The van der Waals surface area contributed by atoms with Gasteiger partial charge in [-0.3, -0.25) is 4.79 Å². The third-order valence-corrected chi connectivity index (χ3v) is 2.50. The van der Waals surface area contributed by atoms with Crippen LogP contribution < -0.4 is 0 Å². The average Bonchev–Trinajstić information content (AvgIpc) is 2.62. The van der Waals surface area contributed by atoms with Gasteiger partial charge < -0.3 is 10.0 Å². The fraction of sp³-hybridized carbons (Fsp3) is 0.500. The molecule has 98 valence electrons. The van der Waals surface area contributed by atoms with Gasteiger partial charge in [-0.15, -0.1) is 5.10 Å². The maximum atomic E-state index is 12.1. The van der Waals surface area contributed by atoms with Crippen molar-refractivity contribution in [2.45, 2.75) is 12.2 Å². The van der Waals surface area contributed by atoms with E-state index in [0.717, 1.165) is 10.9 Å². The lowest BCUT2D eigenvalue weighted by molar-refractivity contribution is -0.191. The summed E-state index contributed by atoms with van der Waals surface area (Å²) in [4.78, 5) is 21.9. The van der Waals surface area contributed by atoms with Crippen molar-refractivity contribution < 1.29 is 27.9 Å². The number of carboxylic acid groups (broad SMARTS) is 1. The van der Waals surface area contributed by atoms with E-state index in [9.17, 15) is 22.8 Å². The van der Waals surface area contributed by atoms with Gasteiger partial charge in [-0.2, -0.15) is 13.2 Å². The Morgan fingerprint density at radius 3 is 2.44 bits per heavy atom. The lowest BCUT2D eigenvalue weighted by atomic mass is 10.1. The van der Waals surface area contributed by atoms with Gasteiger partial charge in [0, 0.05) is 13.1 Å². The first-order chi connectivity index (χ1) is 8.29. The number of likely N-dealkylation sites (tertiary alicyclic amines) is 1. The maximum Gasteiger partial charge on any atom is 0.471 e. The molecule has 2 rings (SSSR count). The first-order valence-corrected chi connectivity index (χ1v) is 4.80. The quantitative estimate of drug-likeness (QED) is 0.807. The summed E-state index contributed by atoms with van der Waals surface area (Å²) in [6.45, 7) is -0.332. The van der Waals surface area contributed by atoms with Gasteiger partial charge in [0.2, 0.25) is 0 Å². The molecule has 0 unspecified atom stereocenters. The van der Waals surface area contributed by atoms with Gasteiger partial charge in [0.1, 0.15) is 0 Å². The van der Waals surface area contributed by atoms with Gasteiger partial charge in [-0.25, -0.2) is 9.48 Å². The standard InChI is InChI=1S/C8H7F3N4O3/c9-8(10,11)7(18)14-1-4(2-14)15-3-5(6(16)17)12-13-15/h3-4H,1-2H2,(H,16,17). The van der Waals surface area contributed by atoms with Gasteiger partial charge in [0.25, 0.3) is 0 Å².